The average Bonchev–Trinajstić information content (AvgIpc) is 2.57. The number of unbranched alkanes of at least 4 members (excludes halogenated alkanes) is 9. The minimum absolute atomic E-state index is 0.188. The van der Waals surface area contributed by atoms with Gasteiger partial charge in [-0.15, -0.1) is 0 Å². The predicted octanol–water partition coefficient (Wildman–Crippen LogP) is 5.27. The number of phenolic OH excluding ortho intramolecular Hbond substituents is 1. The Morgan fingerprint density at radius 1 is 0.957 bits per heavy atom. The Bertz CT molecular complexity index is 443. The van der Waals surface area contributed by atoms with Crippen molar-refractivity contribution in [1.29, 1.82) is 0 Å². The van der Waals surface area contributed by atoms with Crippen molar-refractivity contribution in [3.63, 3.8) is 0 Å². The summed E-state index contributed by atoms with van der Waals surface area (Å²) in [6.45, 7) is 0.838. The normalized spacial score (nSPS) is 11.2. The van der Waals surface area contributed by atoms with Crippen LogP contribution in [0.15, 0.2) is 24.3 Å². The first-order valence-electron chi connectivity index (χ1n) is 9.01. The first-order chi connectivity index (χ1) is 11.3. The molecule has 1 aromatic carbocycles. The van der Waals surface area contributed by atoms with E-state index in [0.717, 1.165) is 18.5 Å². The molecule has 3 heteroatoms. The van der Waals surface area contributed by atoms with Crippen LogP contribution in [0.1, 0.15) is 69.8 Å². The van der Waals surface area contributed by atoms with Gasteiger partial charge in [-0.25, -0.2) is 0 Å². The van der Waals surface area contributed by atoms with Gasteiger partial charge in [0.05, 0.1) is 7.11 Å². The quantitative estimate of drug-likeness (QED) is 0.487. The molecule has 23 heavy (non-hydrogen) atoms. The maximum atomic E-state index is 9.55. The third-order valence-corrected chi connectivity index (χ3v) is 4.09. The summed E-state index contributed by atoms with van der Waals surface area (Å²) in [5.74, 6) is 0.714. The maximum Gasteiger partial charge on any atom is 0.161 e. The molecule has 0 radical (unpaired) electrons. The third-order valence-electron chi connectivity index (χ3n) is 4.09. The molecule has 0 spiro atoms. The number of benzene rings is 1. The monoisotopic (exact) mass is 319 g/mol. The van der Waals surface area contributed by atoms with Crippen LogP contribution in [-0.4, -0.2) is 18.8 Å². The van der Waals surface area contributed by atoms with Gasteiger partial charge in [0.2, 0.25) is 0 Å². The van der Waals surface area contributed by atoms with Crippen molar-refractivity contribution in [3.8, 4) is 11.5 Å². The molecule has 3 nitrogen and oxygen atoms in total. The zero-order valence-corrected chi connectivity index (χ0v) is 14.6. The standard InChI is InChI=1S/C20H33NO2/c1-23-20-17-18(14-15-19(20)22)13-11-9-7-5-3-2-4-6-8-10-12-16-21/h11,13-15,17,22H,2-10,12,16,21H2,1H3. The SMILES string of the molecule is COc1cc(C=CCCCCCCCCCCCN)ccc1O. The van der Waals surface area contributed by atoms with Crippen LogP contribution in [0.25, 0.3) is 6.08 Å². The van der Waals surface area contributed by atoms with E-state index in [1.54, 1.807) is 13.2 Å². The Balaban J connectivity index is 2.02. The van der Waals surface area contributed by atoms with Gasteiger partial charge < -0.3 is 15.6 Å². The van der Waals surface area contributed by atoms with Gasteiger partial charge in [0.25, 0.3) is 0 Å². The second-order valence-electron chi connectivity index (χ2n) is 6.09. The summed E-state index contributed by atoms with van der Waals surface area (Å²) in [7, 11) is 1.57. The molecular formula is C20H33NO2. The zero-order chi connectivity index (χ0) is 16.8. The first kappa shape index (κ1) is 19.6. The summed E-state index contributed by atoms with van der Waals surface area (Å²) in [4.78, 5) is 0. The summed E-state index contributed by atoms with van der Waals surface area (Å²) in [5.41, 5.74) is 6.55. The van der Waals surface area contributed by atoms with Gasteiger partial charge in [0, 0.05) is 0 Å². The summed E-state index contributed by atoms with van der Waals surface area (Å²) < 4.78 is 5.11. The molecule has 1 aromatic rings. The minimum Gasteiger partial charge on any atom is -0.504 e. The second-order valence-corrected chi connectivity index (χ2v) is 6.09. The van der Waals surface area contributed by atoms with E-state index >= 15 is 0 Å². The van der Waals surface area contributed by atoms with Gasteiger partial charge >= 0.3 is 0 Å². The summed E-state index contributed by atoms with van der Waals surface area (Å²) in [5, 5.41) is 9.55. The molecule has 0 aromatic heterocycles. The molecule has 1 rings (SSSR count). The van der Waals surface area contributed by atoms with Crippen LogP contribution in [0.3, 0.4) is 0 Å². The largest absolute Gasteiger partial charge is 0.504 e. The Hall–Kier alpha value is -1.48. The van der Waals surface area contributed by atoms with Crippen LogP contribution in [0.5, 0.6) is 11.5 Å². The van der Waals surface area contributed by atoms with Crippen LogP contribution in [0.4, 0.5) is 0 Å². The molecule has 0 fully saturated rings. The number of ether oxygens (including phenoxy) is 1. The highest BCUT2D eigenvalue weighted by Gasteiger charge is 2.00. The van der Waals surface area contributed by atoms with Crippen molar-refractivity contribution in [2.75, 3.05) is 13.7 Å². The lowest BCUT2D eigenvalue weighted by Crippen LogP contribution is -1.97. The topological polar surface area (TPSA) is 55.5 Å². The molecule has 0 aliphatic carbocycles. The van der Waals surface area contributed by atoms with E-state index in [9.17, 15) is 5.11 Å². The van der Waals surface area contributed by atoms with E-state index in [1.807, 2.05) is 12.1 Å². The number of phenols is 1. The lowest BCUT2D eigenvalue weighted by Gasteiger charge is -2.03. The molecule has 0 atom stereocenters. The van der Waals surface area contributed by atoms with Crippen molar-refractivity contribution in [2.45, 2.75) is 64.2 Å². The molecule has 0 saturated carbocycles. The molecule has 0 heterocycles. The summed E-state index contributed by atoms with van der Waals surface area (Å²) >= 11 is 0. The van der Waals surface area contributed by atoms with E-state index in [0.29, 0.717) is 5.75 Å². The smallest absolute Gasteiger partial charge is 0.161 e. The van der Waals surface area contributed by atoms with Gasteiger partial charge in [-0.3, -0.25) is 0 Å². The van der Waals surface area contributed by atoms with Crippen molar-refractivity contribution in [1.82, 2.24) is 0 Å². The molecule has 0 unspecified atom stereocenters. The second kappa shape index (κ2) is 13.0. The van der Waals surface area contributed by atoms with Crippen molar-refractivity contribution < 1.29 is 9.84 Å². The van der Waals surface area contributed by atoms with E-state index in [2.05, 4.69) is 12.2 Å². The molecule has 0 amide bonds. The summed E-state index contributed by atoms with van der Waals surface area (Å²) in [6, 6.07) is 5.43. The van der Waals surface area contributed by atoms with Gasteiger partial charge in [-0.1, -0.05) is 63.2 Å². The van der Waals surface area contributed by atoms with E-state index in [1.165, 1.54) is 57.8 Å². The lowest BCUT2D eigenvalue weighted by molar-refractivity contribution is 0.373. The van der Waals surface area contributed by atoms with Gasteiger partial charge in [-0.05, 0) is 43.5 Å². The molecule has 0 aliphatic rings. The fourth-order valence-corrected chi connectivity index (χ4v) is 2.66. The maximum absolute atomic E-state index is 9.55. The minimum atomic E-state index is 0.188. The van der Waals surface area contributed by atoms with Crippen LogP contribution in [0, 0.1) is 0 Å². The molecule has 3 N–H and O–H groups in total. The first-order valence-corrected chi connectivity index (χ1v) is 9.01. The third kappa shape index (κ3) is 9.29. The average molecular weight is 319 g/mol. The van der Waals surface area contributed by atoms with Crippen molar-refractivity contribution >= 4 is 6.08 Å². The Labute approximate surface area is 141 Å². The van der Waals surface area contributed by atoms with Gasteiger partial charge in [0.15, 0.2) is 11.5 Å². The van der Waals surface area contributed by atoms with Crippen LogP contribution in [-0.2, 0) is 0 Å². The predicted molar refractivity (Wildman–Crippen MR) is 98.9 cm³/mol. The zero-order valence-electron chi connectivity index (χ0n) is 14.6. The highest BCUT2D eigenvalue weighted by atomic mass is 16.5. The fourth-order valence-electron chi connectivity index (χ4n) is 2.66. The van der Waals surface area contributed by atoms with Crippen LogP contribution in [0.2, 0.25) is 0 Å². The molecular weight excluding hydrogens is 286 g/mol. The van der Waals surface area contributed by atoms with Gasteiger partial charge in [0.1, 0.15) is 0 Å². The van der Waals surface area contributed by atoms with E-state index in [4.69, 9.17) is 10.5 Å². The number of allylic oxidation sites excluding steroid dienone is 1. The molecule has 0 bridgehead atoms. The fraction of sp³-hybridized carbons (Fsp3) is 0.600. The Morgan fingerprint density at radius 3 is 2.17 bits per heavy atom. The highest BCUT2D eigenvalue weighted by molar-refractivity contribution is 5.55. The number of hydrogen-bond acceptors (Lipinski definition) is 3. The number of methoxy groups -OCH3 is 1. The lowest BCUT2D eigenvalue weighted by atomic mass is 10.1. The number of rotatable bonds is 13. The van der Waals surface area contributed by atoms with Crippen LogP contribution >= 0.6 is 0 Å². The highest BCUT2D eigenvalue weighted by Crippen LogP contribution is 2.26. The number of nitrogens with two attached hydrogens (primary N) is 1. The Kier molecular flexibility index (Phi) is 11.1. The van der Waals surface area contributed by atoms with Crippen molar-refractivity contribution in [2.24, 2.45) is 5.73 Å². The van der Waals surface area contributed by atoms with Crippen LogP contribution < -0.4 is 10.5 Å². The molecule has 130 valence electrons. The molecule has 0 saturated heterocycles. The Morgan fingerprint density at radius 2 is 1.57 bits per heavy atom. The number of hydrogen-bond donors (Lipinski definition) is 2. The number of aromatic hydroxyl groups is 1. The van der Waals surface area contributed by atoms with Crippen molar-refractivity contribution in [3.05, 3.63) is 29.8 Å². The van der Waals surface area contributed by atoms with E-state index in [-0.39, 0.29) is 5.75 Å². The summed E-state index contributed by atoms with van der Waals surface area (Å²) in [6.07, 6.45) is 17.2. The van der Waals surface area contributed by atoms with Gasteiger partial charge in [-0.2, -0.15) is 0 Å². The molecule has 0 aliphatic heterocycles. The van der Waals surface area contributed by atoms with E-state index < -0.39 is 0 Å².